The van der Waals surface area contributed by atoms with Gasteiger partial charge in [-0.05, 0) is 12.8 Å². The van der Waals surface area contributed by atoms with Crippen LogP contribution >= 0.6 is 0 Å². The van der Waals surface area contributed by atoms with Crippen molar-refractivity contribution in [1.82, 2.24) is 9.78 Å². The van der Waals surface area contributed by atoms with Gasteiger partial charge in [-0.15, -0.1) is 0 Å². The molecule has 1 saturated carbocycles. The molecule has 0 aromatic carbocycles. The second kappa shape index (κ2) is 5.44. The van der Waals surface area contributed by atoms with Crippen molar-refractivity contribution in [3.8, 4) is 0 Å². The predicted molar refractivity (Wildman–Crippen MR) is 72.9 cm³/mol. The highest BCUT2D eigenvalue weighted by Gasteiger charge is 2.41. The molecule has 1 spiro atoms. The minimum Gasteiger partial charge on any atom is -0.461 e. The monoisotopic (exact) mass is 279 g/mol. The number of carbonyl (C=O) groups excluding carboxylic acids is 1. The van der Waals surface area contributed by atoms with E-state index < -0.39 is 0 Å². The Morgan fingerprint density at radius 3 is 3.05 bits per heavy atom. The molecule has 2 fully saturated rings. The Balaban J connectivity index is 1.53. The Labute approximate surface area is 118 Å². The lowest BCUT2D eigenvalue weighted by atomic mass is 9.90. The van der Waals surface area contributed by atoms with Gasteiger partial charge in [-0.1, -0.05) is 12.8 Å². The van der Waals surface area contributed by atoms with Crippen molar-refractivity contribution in [3.05, 3.63) is 12.4 Å². The number of rotatable bonds is 3. The molecule has 3 rings (SSSR count). The van der Waals surface area contributed by atoms with Gasteiger partial charge in [0.2, 0.25) is 0 Å². The first kappa shape index (κ1) is 13.4. The van der Waals surface area contributed by atoms with E-state index in [4.69, 9.17) is 15.2 Å². The molecule has 1 aromatic heterocycles. The van der Waals surface area contributed by atoms with E-state index >= 15 is 0 Å². The fourth-order valence-electron chi connectivity index (χ4n) is 3.27. The number of nitrogen functional groups attached to an aromatic ring is 1. The highest BCUT2D eigenvalue weighted by Crippen LogP contribution is 2.40. The molecule has 1 aromatic rings. The number of ether oxygens (including phenoxy) is 2. The standard InChI is InChI=1S/C14H21N3O3/c15-11-8-16-17(9-11)10-13(18)20-12-3-6-19-14(7-12)4-1-2-5-14/h8-9,12H,1-7,10,15H2. The molecule has 0 amide bonds. The van der Waals surface area contributed by atoms with E-state index in [1.165, 1.54) is 23.7 Å². The first-order chi connectivity index (χ1) is 9.65. The fraction of sp³-hybridized carbons (Fsp3) is 0.714. The lowest BCUT2D eigenvalue weighted by molar-refractivity contribution is -0.166. The van der Waals surface area contributed by atoms with Gasteiger partial charge in [0.25, 0.3) is 0 Å². The third-order valence-corrected chi connectivity index (χ3v) is 4.20. The molecule has 110 valence electrons. The van der Waals surface area contributed by atoms with Gasteiger partial charge in [0.1, 0.15) is 12.6 Å². The summed E-state index contributed by atoms with van der Waals surface area (Å²) in [6, 6.07) is 0. The zero-order valence-electron chi connectivity index (χ0n) is 11.6. The molecular weight excluding hydrogens is 258 g/mol. The van der Waals surface area contributed by atoms with E-state index in [1.807, 2.05) is 0 Å². The normalized spacial score (nSPS) is 24.9. The summed E-state index contributed by atoms with van der Waals surface area (Å²) in [7, 11) is 0. The van der Waals surface area contributed by atoms with E-state index in [9.17, 15) is 4.79 Å². The van der Waals surface area contributed by atoms with Crippen LogP contribution in [0.1, 0.15) is 38.5 Å². The third kappa shape index (κ3) is 2.95. The molecule has 2 N–H and O–H groups in total. The van der Waals surface area contributed by atoms with Crippen molar-refractivity contribution in [1.29, 1.82) is 0 Å². The van der Waals surface area contributed by atoms with Gasteiger partial charge in [-0.2, -0.15) is 5.10 Å². The van der Waals surface area contributed by atoms with Crippen molar-refractivity contribution in [2.75, 3.05) is 12.3 Å². The van der Waals surface area contributed by atoms with Crippen molar-refractivity contribution >= 4 is 11.7 Å². The molecule has 1 aliphatic heterocycles. The zero-order valence-corrected chi connectivity index (χ0v) is 11.6. The molecule has 0 radical (unpaired) electrons. The van der Waals surface area contributed by atoms with E-state index in [1.54, 1.807) is 6.20 Å². The maximum atomic E-state index is 11.9. The quantitative estimate of drug-likeness (QED) is 0.848. The van der Waals surface area contributed by atoms with Gasteiger partial charge in [0.15, 0.2) is 0 Å². The Hall–Kier alpha value is -1.56. The third-order valence-electron chi connectivity index (χ3n) is 4.20. The lowest BCUT2D eigenvalue weighted by Gasteiger charge is -2.37. The highest BCUT2D eigenvalue weighted by molar-refractivity contribution is 5.69. The first-order valence-corrected chi connectivity index (χ1v) is 7.27. The van der Waals surface area contributed by atoms with Gasteiger partial charge >= 0.3 is 5.97 Å². The van der Waals surface area contributed by atoms with Crippen LogP contribution in [0, 0.1) is 0 Å². The van der Waals surface area contributed by atoms with Gasteiger partial charge in [-0.25, -0.2) is 0 Å². The van der Waals surface area contributed by atoms with Crippen molar-refractivity contribution < 1.29 is 14.3 Å². The Bertz CT molecular complexity index is 480. The Morgan fingerprint density at radius 2 is 2.35 bits per heavy atom. The summed E-state index contributed by atoms with van der Waals surface area (Å²) in [6.45, 7) is 0.800. The summed E-state index contributed by atoms with van der Waals surface area (Å²) < 4.78 is 13.0. The van der Waals surface area contributed by atoms with Crippen LogP contribution in [0.5, 0.6) is 0 Å². The molecule has 20 heavy (non-hydrogen) atoms. The average Bonchev–Trinajstić information content (AvgIpc) is 2.99. The van der Waals surface area contributed by atoms with Gasteiger partial charge in [-0.3, -0.25) is 9.48 Å². The van der Waals surface area contributed by atoms with Crippen LogP contribution in [-0.4, -0.2) is 34.1 Å². The highest BCUT2D eigenvalue weighted by atomic mass is 16.6. The molecule has 1 saturated heterocycles. The molecule has 0 bridgehead atoms. The second-order valence-corrected chi connectivity index (χ2v) is 5.81. The summed E-state index contributed by atoms with van der Waals surface area (Å²) >= 11 is 0. The lowest BCUT2D eigenvalue weighted by Crippen LogP contribution is -2.41. The fourth-order valence-corrected chi connectivity index (χ4v) is 3.27. The number of hydrogen-bond donors (Lipinski definition) is 1. The zero-order chi connectivity index (χ0) is 14.0. The van der Waals surface area contributed by atoms with Crippen LogP contribution < -0.4 is 5.73 Å². The van der Waals surface area contributed by atoms with Crippen LogP contribution in [0.4, 0.5) is 5.69 Å². The minimum absolute atomic E-state index is 0.0257. The topological polar surface area (TPSA) is 79.4 Å². The number of hydrogen-bond acceptors (Lipinski definition) is 5. The second-order valence-electron chi connectivity index (χ2n) is 5.81. The summed E-state index contributed by atoms with van der Waals surface area (Å²) in [5, 5.41) is 3.99. The molecule has 1 aliphatic carbocycles. The van der Waals surface area contributed by atoms with Gasteiger partial charge in [0, 0.05) is 19.0 Å². The van der Waals surface area contributed by atoms with Crippen LogP contribution in [0.15, 0.2) is 12.4 Å². The molecule has 6 nitrogen and oxygen atoms in total. The van der Waals surface area contributed by atoms with E-state index in [-0.39, 0.29) is 24.2 Å². The number of carbonyl (C=O) groups is 1. The number of anilines is 1. The van der Waals surface area contributed by atoms with E-state index in [0.717, 1.165) is 25.7 Å². The number of nitrogens with two attached hydrogens (primary N) is 1. The van der Waals surface area contributed by atoms with Crippen LogP contribution in [0.3, 0.4) is 0 Å². The van der Waals surface area contributed by atoms with Crippen molar-refractivity contribution in [2.24, 2.45) is 0 Å². The van der Waals surface area contributed by atoms with E-state index in [2.05, 4.69) is 5.10 Å². The maximum absolute atomic E-state index is 11.9. The summed E-state index contributed by atoms with van der Waals surface area (Å²) in [5.74, 6) is -0.256. The molecule has 2 heterocycles. The van der Waals surface area contributed by atoms with Crippen molar-refractivity contribution in [2.45, 2.75) is 56.8 Å². The average molecular weight is 279 g/mol. The predicted octanol–water partition coefficient (Wildman–Crippen LogP) is 1.50. The van der Waals surface area contributed by atoms with E-state index in [0.29, 0.717) is 12.3 Å². The SMILES string of the molecule is Nc1cnn(CC(=O)OC2CCOC3(CCCC3)C2)c1. The number of nitrogens with zero attached hydrogens (tertiary/aromatic N) is 2. The van der Waals surface area contributed by atoms with Crippen molar-refractivity contribution in [3.63, 3.8) is 0 Å². The Kier molecular flexibility index (Phi) is 3.65. The molecule has 1 atom stereocenters. The van der Waals surface area contributed by atoms with Crippen LogP contribution in [0.25, 0.3) is 0 Å². The largest absolute Gasteiger partial charge is 0.461 e. The smallest absolute Gasteiger partial charge is 0.328 e. The van der Waals surface area contributed by atoms with Gasteiger partial charge < -0.3 is 15.2 Å². The maximum Gasteiger partial charge on any atom is 0.328 e. The molecule has 2 aliphatic rings. The van der Waals surface area contributed by atoms with Crippen LogP contribution in [-0.2, 0) is 20.8 Å². The number of esters is 1. The number of aromatic nitrogens is 2. The molecular formula is C14H21N3O3. The molecule has 1 unspecified atom stereocenters. The minimum atomic E-state index is -0.256. The summed E-state index contributed by atoms with van der Waals surface area (Å²) in [5.41, 5.74) is 6.09. The molecule has 6 heteroatoms. The van der Waals surface area contributed by atoms with Crippen LogP contribution in [0.2, 0.25) is 0 Å². The summed E-state index contributed by atoms with van der Waals surface area (Å²) in [6.07, 6.45) is 9.36. The van der Waals surface area contributed by atoms with Gasteiger partial charge in [0.05, 0.1) is 24.1 Å². The first-order valence-electron chi connectivity index (χ1n) is 7.27. The Morgan fingerprint density at radius 1 is 1.55 bits per heavy atom. The summed E-state index contributed by atoms with van der Waals surface area (Å²) in [4.78, 5) is 11.9.